The van der Waals surface area contributed by atoms with Gasteiger partial charge >= 0.3 is 0 Å². The first-order chi connectivity index (χ1) is 4.95. The molecule has 0 saturated heterocycles. The minimum Gasteiger partial charge on any atom is -0.415 e. The molecule has 0 fully saturated rings. The zero-order chi connectivity index (χ0) is 8.91. The van der Waals surface area contributed by atoms with Crippen molar-refractivity contribution in [2.24, 2.45) is 0 Å². The second kappa shape index (κ2) is 4.55. The van der Waals surface area contributed by atoms with E-state index < -0.39 is 8.32 Å². The summed E-state index contributed by atoms with van der Waals surface area (Å²) in [5.41, 5.74) is 2.74. The van der Waals surface area contributed by atoms with Crippen molar-refractivity contribution in [2.75, 3.05) is 0 Å². The highest BCUT2D eigenvalue weighted by molar-refractivity contribution is 6.69. The fourth-order valence-electron chi connectivity index (χ4n) is 0.901. The van der Waals surface area contributed by atoms with Crippen molar-refractivity contribution in [3.05, 3.63) is 18.4 Å². The Balaban J connectivity index is 3.69. The molecule has 0 radical (unpaired) electrons. The molecule has 1 nitrogen and oxygen atoms in total. The highest BCUT2D eigenvalue weighted by atomic mass is 28.4. The van der Waals surface area contributed by atoms with E-state index in [-0.39, 0.29) is 0 Å². The van der Waals surface area contributed by atoms with Crippen molar-refractivity contribution in [3.63, 3.8) is 0 Å². The lowest BCUT2D eigenvalue weighted by Gasteiger charge is -2.22. The minimum absolute atomic E-state index is 0.316. The van der Waals surface area contributed by atoms with Crippen LogP contribution in [0.5, 0.6) is 0 Å². The van der Waals surface area contributed by atoms with E-state index in [1.165, 1.54) is 0 Å². The van der Waals surface area contributed by atoms with Gasteiger partial charge in [0, 0.05) is 6.10 Å². The lowest BCUT2D eigenvalue weighted by atomic mass is 10.3. The Bertz CT molecular complexity index is 151. The standard InChI is InChI=1S/C9H18OSi/c1-6-7-8-9(2)10-11(3,4)5/h7,9H,1,8H2,2-5H3. The first-order valence-electron chi connectivity index (χ1n) is 3.98. The molecular weight excluding hydrogens is 152 g/mol. The molecule has 0 rings (SSSR count). The van der Waals surface area contributed by atoms with E-state index in [1.54, 1.807) is 0 Å². The van der Waals surface area contributed by atoms with Gasteiger partial charge in [0.05, 0.1) is 0 Å². The van der Waals surface area contributed by atoms with E-state index in [2.05, 4.69) is 38.9 Å². The van der Waals surface area contributed by atoms with Crippen LogP contribution >= 0.6 is 0 Å². The molecule has 2 heteroatoms. The molecule has 0 bridgehead atoms. The maximum Gasteiger partial charge on any atom is 0.184 e. The van der Waals surface area contributed by atoms with Gasteiger partial charge in [-0.25, -0.2) is 0 Å². The molecule has 0 spiro atoms. The van der Waals surface area contributed by atoms with Gasteiger partial charge in [-0.2, -0.15) is 0 Å². The number of hydrogen-bond acceptors (Lipinski definition) is 1. The molecular formula is C9H18OSi. The van der Waals surface area contributed by atoms with Crippen LogP contribution in [0.3, 0.4) is 0 Å². The van der Waals surface area contributed by atoms with Crippen LogP contribution in [0.25, 0.3) is 0 Å². The predicted octanol–water partition coefficient (Wildman–Crippen LogP) is 2.96. The van der Waals surface area contributed by atoms with Crippen LogP contribution in [0.1, 0.15) is 13.3 Å². The highest BCUT2D eigenvalue weighted by Gasteiger charge is 2.16. The van der Waals surface area contributed by atoms with Gasteiger partial charge in [-0.3, -0.25) is 0 Å². The van der Waals surface area contributed by atoms with Crippen LogP contribution in [0.2, 0.25) is 19.6 Å². The SMILES string of the molecule is C=C=CCC(C)O[Si](C)(C)C. The van der Waals surface area contributed by atoms with Gasteiger partial charge in [0.1, 0.15) is 0 Å². The molecule has 1 atom stereocenters. The number of hydrogen-bond donors (Lipinski definition) is 0. The van der Waals surface area contributed by atoms with E-state index >= 15 is 0 Å². The average molecular weight is 170 g/mol. The molecule has 0 aromatic carbocycles. The quantitative estimate of drug-likeness (QED) is 0.465. The molecule has 0 aliphatic rings. The molecule has 0 aromatic heterocycles. The van der Waals surface area contributed by atoms with E-state index in [0.29, 0.717) is 6.10 Å². The molecule has 11 heavy (non-hydrogen) atoms. The summed E-state index contributed by atoms with van der Waals surface area (Å²) in [6.45, 7) is 12.2. The molecule has 0 amide bonds. The molecule has 0 aliphatic heterocycles. The average Bonchev–Trinajstić information content (AvgIpc) is 1.79. The minimum atomic E-state index is -1.34. The first kappa shape index (κ1) is 10.7. The van der Waals surface area contributed by atoms with Gasteiger partial charge in [0.15, 0.2) is 8.32 Å². The summed E-state index contributed by atoms with van der Waals surface area (Å²) in [6.07, 6.45) is 3.16. The monoisotopic (exact) mass is 170 g/mol. The number of rotatable bonds is 4. The summed E-state index contributed by atoms with van der Waals surface area (Å²) in [7, 11) is -1.34. The molecule has 64 valence electrons. The lowest BCUT2D eigenvalue weighted by Crippen LogP contribution is -2.30. The molecule has 1 unspecified atom stereocenters. The fourth-order valence-corrected chi connectivity index (χ4v) is 2.20. The van der Waals surface area contributed by atoms with Crippen LogP contribution in [-0.2, 0) is 4.43 Å². The van der Waals surface area contributed by atoms with Crippen LogP contribution < -0.4 is 0 Å². The van der Waals surface area contributed by atoms with Crippen molar-refractivity contribution in [2.45, 2.75) is 39.1 Å². The normalized spacial score (nSPS) is 13.8. The van der Waals surface area contributed by atoms with Gasteiger partial charge in [-0.05, 0) is 39.1 Å². The second-order valence-electron chi connectivity index (χ2n) is 3.68. The molecule has 0 heterocycles. The third kappa shape index (κ3) is 7.60. The summed E-state index contributed by atoms with van der Waals surface area (Å²) in [6, 6.07) is 0. The van der Waals surface area contributed by atoms with Crippen LogP contribution in [0.15, 0.2) is 18.4 Å². The largest absolute Gasteiger partial charge is 0.415 e. The second-order valence-corrected chi connectivity index (χ2v) is 8.15. The van der Waals surface area contributed by atoms with Gasteiger partial charge < -0.3 is 4.43 Å². The van der Waals surface area contributed by atoms with E-state index in [4.69, 9.17) is 4.43 Å². The van der Waals surface area contributed by atoms with E-state index in [0.717, 1.165) is 6.42 Å². The molecule has 0 N–H and O–H groups in total. The maximum atomic E-state index is 5.78. The Hall–Kier alpha value is -0.303. The van der Waals surface area contributed by atoms with Crippen molar-refractivity contribution in [1.82, 2.24) is 0 Å². The Labute approximate surface area is 70.9 Å². The summed E-state index contributed by atoms with van der Waals surface area (Å²) >= 11 is 0. The Morgan fingerprint density at radius 1 is 1.55 bits per heavy atom. The smallest absolute Gasteiger partial charge is 0.184 e. The highest BCUT2D eigenvalue weighted by Crippen LogP contribution is 2.09. The predicted molar refractivity (Wildman–Crippen MR) is 52.2 cm³/mol. The fraction of sp³-hybridized carbons (Fsp3) is 0.667. The zero-order valence-electron chi connectivity index (χ0n) is 7.98. The third-order valence-electron chi connectivity index (χ3n) is 1.15. The van der Waals surface area contributed by atoms with Crippen LogP contribution in [-0.4, -0.2) is 14.4 Å². The van der Waals surface area contributed by atoms with Crippen molar-refractivity contribution in [1.29, 1.82) is 0 Å². The summed E-state index contributed by atoms with van der Waals surface area (Å²) in [5.74, 6) is 0. The Morgan fingerprint density at radius 2 is 2.09 bits per heavy atom. The van der Waals surface area contributed by atoms with E-state index in [1.807, 2.05) is 6.08 Å². The van der Waals surface area contributed by atoms with Gasteiger partial charge in [0.25, 0.3) is 0 Å². The Kier molecular flexibility index (Phi) is 4.42. The molecule has 0 aliphatic carbocycles. The molecule has 0 aromatic rings. The van der Waals surface area contributed by atoms with Crippen LogP contribution in [0, 0.1) is 0 Å². The van der Waals surface area contributed by atoms with Crippen molar-refractivity contribution in [3.8, 4) is 0 Å². The summed E-state index contributed by atoms with van der Waals surface area (Å²) in [5, 5.41) is 0. The maximum absolute atomic E-state index is 5.78. The third-order valence-corrected chi connectivity index (χ3v) is 2.26. The van der Waals surface area contributed by atoms with Crippen molar-refractivity contribution < 1.29 is 4.43 Å². The topological polar surface area (TPSA) is 9.23 Å². The Morgan fingerprint density at radius 3 is 2.45 bits per heavy atom. The van der Waals surface area contributed by atoms with Crippen molar-refractivity contribution >= 4 is 8.32 Å². The molecule has 0 saturated carbocycles. The van der Waals surface area contributed by atoms with Crippen LogP contribution in [0.4, 0.5) is 0 Å². The zero-order valence-corrected chi connectivity index (χ0v) is 8.98. The summed E-state index contributed by atoms with van der Waals surface area (Å²) in [4.78, 5) is 0. The van der Waals surface area contributed by atoms with E-state index in [9.17, 15) is 0 Å². The van der Waals surface area contributed by atoms with Gasteiger partial charge in [-0.1, -0.05) is 6.58 Å². The first-order valence-corrected chi connectivity index (χ1v) is 7.38. The summed E-state index contributed by atoms with van der Waals surface area (Å²) < 4.78 is 5.78. The van der Waals surface area contributed by atoms with Gasteiger partial charge in [0.2, 0.25) is 0 Å². The lowest BCUT2D eigenvalue weighted by molar-refractivity contribution is 0.218. The van der Waals surface area contributed by atoms with Gasteiger partial charge in [-0.15, -0.1) is 5.73 Å².